The Balaban J connectivity index is 2.22. The molecule has 1 aliphatic rings. The molecule has 0 atom stereocenters. The summed E-state index contributed by atoms with van der Waals surface area (Å²) in [4.78, 5) is 2.53. The van der Waals surface area contributed by atoms with Crippen molar-refractivity contribution in [3.8, 4) is 0 Å². The van der Waals surface area contributed by atoms with Crippen molar-refractivity contribution in [2.75, 3.05) is 31.8 Å². The van der Waals surface area contributed by atoms with Crippen LogP contribution in [0.15, 0.2) is 0 Å². The van der Waals surface area contributed by atoms with Gasteiger partial charge in [0.15, 0.2) is 0 Å². The third-order valence-corrected chi connectivity index (χ3v) is 4.64. The second-order valence-electron chi connectivity index (χ2n) is 4.05. The molecule has 1 heterocycles. The van der Waals surface area contributed by atoms with Crippen molar-refractivity contribution >= 4 is 21.6 Å². The van der Waals surface area contributed by atoms with Crippen molar-refractivity contribution in [3.05, 3.63) is 0 Å². The Morgan fingerprint density at radius 2 is 2.00 bits per heavy atom. The first-order chi connectivity index (χ1) is 6.20. The fourth-order valence-corrected chi connectivity index (χ4v) is 2.83. The normalized spacial score (nSPS) is 23.3. The van der Waals surface area contributed by atoms with Crippen molar-refractivity contribution in [2.45, 2.75) is 19.8 Å². The molecule has 0 amide bonds. The molecule has 0 bridgehead atoms. The molecule has 0 saturated carbocycles. The number of piperidine rings is 1. The molecule has 2 nitrogen and oxygen atoms in total. The molecule has 1 saturated heterocycles. The van der Waals surface area contributed by atoms with Crippen LogP contribution < -0.4 is 5.73 Å². The van der Waals surface area contributed by atoms with Gasteiger partial charge in [-0.25, -0.2) is 0 Å². The molecule has 2 N–H and O–H groups in total. The van der Waals surface area contributed by atoms with Gasteiger partial charge in [0.25, 0.3) is 0 Å². The van der Waals surface area contributed by atoms with Crippen LogP contribution in [-0.4, -0.2) is 36.7 Å². The largest absolute Gasteiger partial charge is 0.330 e. The van der Waals surface area contributed by atoms with Gasteiger partial charge in [-0.3, -0.25) is 4.90 Å². The molecule has 13 heavy (non-hydrogen) atoms. The Morgan fingerprint density at radius 1 is 1.38 bits per heavy atom. The third kappa shape index (κ3) is 3.70. The number of hydrogen-bond acceptors (Lipinski definition) is 4. The van der Waals surface area contributed by atoms with Crippen LogP contribution in [0.4, 0.5) is 0 Å². The summed E-state index contributed by atoms with van der Waals surface area (Å²) in [7, 11) is 3.78. The van der Waals surface area contributed by atoms with E-state index in [-0.39, 0.29) is 0 Å². The van der Waals surface area contributed by atoms with Gasteiger partial charge in [0.2, 0.25) is 0 Å². The van der Waals surface area contributed by atoms with E-state index in [9.17, 15) is 0 Å². The molecule has 0 spiro atoms. The van der Waals surface area contributed by atoms with E-state index in [0.717, 1.165) is 6.54 Å². The van der Waals surface area contributed by atoms with Gasteiger partial charge in [0.05, 0.1) is 5.88 Å². The van der Waals surface area contributed by atoms with Crippen molar-refractivity contribution in [1.82, 2.24) is 4.90 Å². The lowest BCUT2D eigenvalue weighted by Gasteiger charge is -2.38. The second-order valence-corrected chi connectivity index (χ2v) is 6.58. The van der Waals surface area contributed by atoms with Crippen molar-refractivity contribution < 1.29 is 0 Å². The Labute approximate surface area is 89.4 Å². The lowest BCUT2D eigenvalue weighted by Crippen LogP contribution is -2.41. The Hall–Kier alpha value is 0.620. The third-order valence-electron chi connectivity index (χ3n) is 2.91. The van der Waals surface area contributed by atoms with Gasteiger partial charge in [0.1, 0.15) is 0 Å². The number of nitrogens with two attached hydrogens (primary N) is 1. The van der Waals surface area contributed by atoms with Gasteiger partial charge < -0.3 is 5.73 Å². The predicted octanol–water partition coefficient (Wildman–Crippen LogP) is 2.02. The van der Waals surface area contributed by atoms with Crippen LogP contribution in [-0.2, 0) is 0 Å². The summed E-state index contributed by atoms with van der Waals surface area (Å²) in [6.45, 7) is 5.60. The summed E-state index contributed by atoms with van der Waals surface area (Å²) < 4.78 is 0. The van der Waals surface area contributed by atoms with Gasteiger partial charge in [-0.1, -0.05) is 28.5 Å². The molecule has 0 radical (unpaired) electrons. The Morgan fingerprint density at radius 3 is 2.46 bits per heavy atom. The highest BCUT2D eigenvalue weighted by atomic mass is 33.1. The molecule has 4 heteroatoms. The van der Waals surface area contributed by atoms with Crippen molar-refractivity contribution in [2.24, 2.45) is 11.1 Å². The quantitative estimate of drug-likeness (QED) is 0.734. The first-order valence-electron chi connectivity index (χ1n) is 4.78. The topological polar surface area (TPSA) is 29.3 Å². The smallest absolute Gasteiger partial charge is 0.0548 e. The molecule has 0 aromatic rings. The summed E-state index contributed by atoms with van der Waals surface area (Å²) >= 11 is 0. The number of rotatable bonds is 4. The molecular formula is C9H20N2S2. The van der Waals surface area contributed by atoms with E-state index in [0.29, 0.717) is 5.41 Å². The van der Waals surface area contributed by atoms with E-state index >= 15 is 0 Å². The number of hydrogen-bond donors (Lipinski definition) is 1. The minimum atomic E-state index is 0.417. The second kappa shape index (κ2) is 5.49. The van der Waals surface area contributed by atoms with Crippen LogP contribution in [0.2, 0.25) is 0 Å². The fourth-order valence-electron chi connectivity index (χ4n) is 1.55. The highest BCUT2D eigenvalue weighted by Crippen LogP contribution is 2.30. The maximum atomic E-state index is 5.76. The maximum Gasteiger partial charge on any atom is 0.0548 e. The summed E-state index contributed by atoms with van der Waals surface area (Å²) in [6.07, 6.45) is 4.66. The minimum Gasteiger partial charge on any atom is -0.330 e. The number of nitrogens with zero attached hydrogens (tertiary/aromatic N) is 1. The van der Waals surface area contributed by atoms with E-state index in [1.54, 1.807) is 0 Å². The van der Waals surface area contributed by atoms with E-state index in [1.165, 1.54) is 31.8 Å². The van der Waals surface area contributed by atoms with Gasteiger partial charge in [-0.05, 0) is 44.1 Å². The van der Waals surface area contributed by atoms with Crippen LogP contribution in [0, 0.1) is 5.41 Å². The van der Waals surface area contributed by atoms with Gasteiger partial charge in [-0.2, -0.15) is 0 Å². The van der Waals surface area contributed by atoms with E-state index < -0.39 is 0 Å². The molecule has 0 aromatic carbocycles. The summed E-state index contributed by atoms with van der Waals surface area (Å²) in [5.41, 5.74) is 6.17. The van der Waals surface area contributed by atoms with E-state index in [2.05, 4.69) is 18.1 Å². The molecule has 1 rings (SSSR count). The fraction of sp³-hybridized carbons (Fsp3) is 1.00. The SMILES string of the molecule is CSSCN1CCC(C)(CN)CC1. The zero-order valence-corrected chi connectivity index (χ0v) is 10.2. The zero-order chi connectivity index (χ0) is 9.73. The van der Waals surface area contributed by atoms with Crippen LogP contribution >= 0.6 is 21.6 Å². The van der Waals surface area contributed by atoms with Gasteiger partial charge in [0, 0.05) is 0 Å². The van der Waals surface area contributed by atoms with Crippen LogP contribution in [0.1, 0.15) is 19.8 Å². The average Bonchev–Trinajstić information content (AvgIpc) is 2.17. The first kappa shape index (κ1) is 11.7. The summed E-state index contributed by atoms with van der Waals surface area (Å²) in [6, 6.07) is 0. The highest BCUT2D eigenvalue weighted by Gasteiger charge is 2.28. The van der Waals surface area contributed by atoms with Gasteiger partial charge >= 0.3 is 0 Å². The molecule has 1 aliphatic heterocycles. The average molecular weight is 220 g/mol. The zero-order valence-electron chi connectivity index (χ0n) is 8.58. The van der Waals surface area contributed by atoms with Crippen molar-refractivity contribution in [3.63, 3.8) is 0 Å². The Bertz CT molecular complexity index is 145. The number of likely N-dealkylation sites (tertiary alicyclic amines) is 1. The van der Waals surface area contributed by atoms with Crippen molar-refractivity contribution in [1.29, 1.82) is 0 Å². The van der Waals surface area contributed by atoms with Crippen LogP contribution in [0.25, 0.3) is 0 Å². The molecule has 1 fully saturated rings. The van der Waals surface area contributed by atoms with Gasteiger partial charge in [-0.15, -0.1) is 0 Å². The van der Waals surface area contributed by atoms with Crippen LogP contribution in [0.3, 0.4) is 0 Å². The molecule has 78 valence electrons. The molecule has 0 aromatic heterocycles. The highest BCUT2D eigenvalue weighted by molar-refractivity contribution is 8.76. The molecule has 0 unspecified atom stereocenters. The molecule has 0 aliphatic carbocycles. The monoisotopic (exact) mass is 220 g/mol. The summed E-state index contributed by atoms with van der Waals surface area (Å²) in [5, 5.41) is 0. The maximum absolute atomic E-state index is 5.76. The first-order valence-corrected chi connectivity index (χ1v) is 7.51. The standard InChI is InChI=1S/C9H20N2S2/c1-9(7-10)3-5-11(6-4-9)8-13-12-2/h3-8,10H2,1-2H3. The predicted molar refractivity (Wildman–Crippen MR) is 63.9 cm³/mol. The van der Waals surface area contributed by atoms with E-state index in [4.69, 9.17) is 5.73 Å². The lowest BCUT2D eigenvalue weighted by atomic mass is 9.81. The molecular weight excluding hydrogens is 200 g/mol. The summed E-state index contributed by atoms with van der Waals surface area (Å²) in [5.74, 6) is 1.17. The van der Waals surface area contributed by atoms with E-state index in [1.807, 2.05) is 21.6 Å². The minimum absolute atomic E-state index is 0.417. The van der Waals surface area contributed by atoms with Crippen LogP contribution in [0.5, 0.6) is 0 Å². The Kier molecular flexibility index (Phi) is 4.94. The lowest BCUT2D eigenvalue weighted by molar-refractivity contribution is 0.142.